The van der Waals surface area contributed by atoms with Crippen molar-refractivity contribution in [3.63, 3.8) is 0 Å². The Morgan fingerprint density at radius 1 is 1.16 bits per heavy atom. The molecule has 2 aromatic carbocycles. The molecule has 0 aliphatic rings. The van der Waals surface area contributed by atoms with Crippen LogP contribution in [0.4, 0.5) is 0 Å². The molecule has 0 aromatic heterocycles. The van der Waals surface area contributed by atoms with E-state index in [0.717, 1.165) is 11.1 Å². The van der Waals surface area contributed by atoms with Gasteiger partial charge in [0.25, 0.3) is 5.91 Å². The Morgan fingerprint density at radius 2 is 1.88 bits per heavy atom. The van der Waals surface area contributed by atoms with E-state index in [0.29, 0.717) is 35.9 Å². The lowest BCUT2D eigenvalue weighted by atomic mass is 10.1. The fourth-order valence-corrected chi connectivity index (χ4v) is 2.42. The van der Waals surface area contributed by atoms with Crippen molar-refractivity contribution in [1.29, 1.82) is 0 Å². The zero-order chi connectivity index (χ0) is 18.2. The number of aliphatic carboxylic acids is 1. The predicted octanol–water partition coefficient (Wildman–Crippen LogP) is 3.82. The van der Waals surface area contributed by atoms with Crippen molar-refractivity contribution in [2.75, 3.05) is 6.61 Å². The average molecular weight is 362 g/mol. The number of ether oxygens (including phenoxy) is 1. The van der Waals surface area contributed by atoms with Gasteiger partial charge in [0.15, 0.2) is 0 Å². The number of benzene rings is 2. The highest BCUT2D eigenvalue weighted by atomic mass is 35.5. The first-order chi connectivity index (χ1) is 12.0. The van der Waals surface area contributed by atoms with Crippen molar-refractivity contribution in [2.45, 2.75) is 26.3 Å². The van der Waals surface area contributed by atoms with E-state index in [4.69, 9.17) is 21.4 Å². The summed E-state index contributed by atoms with van der Waals surface area (Å²) in [6.07, 6.45) is 0.555. The summed E-state index contributed by atoms with van der Waals surface area (Å²) < 4.78 is 5.47. The highest BCUT2D eigenvalue weighted by molar-refractivity contribution is 6.31. The van der Waals surface area contributed by atoms with Gasteiger partial charge in [-0.25, -0.2) is 0 Å². The second kappa shape index (κ2) is 9.08. The molecule has 1 amide bonds. The molecule has 132 valence electrons. The van der Waals surface area contributed by atoms with Crippen LogP contribution in [0.1, 0.15) is 34.3 Å². The van der Waals surface area contributed by atoms with Crippen LogP contribution in [0.25, 0.3) is 0 Å². The van der Waals surface area contributed by atoms with Crippen LogP contribution < -0.4 is 10.1 Å². The van der Waals surface area contributed by atoms with Gasteiger partial charge in [-0.05, 0) is 48.7 Å². The number of rotatable bonds is 8. The summed E-state index contributed by atoms with van der Waals surface area (Å²) in [5.74, 6) is -0.329. The van der Waals surface area contributed by atoms with Crippen molar-refractivity contribution >= 4 is 23.5 Å². The van der Waals surface area contributed by atoms with Crippen molar-refractivity contribution < 1.29 is 19.4 Å². The summed E-state index contributed by atoms with van der Waals surface area (Å²) in [4.78, 5) is 22.7. The molecule has 0 saturated heterocycles. The summed E-state index contributed by atoms with van der Waals surface area (Å²) in [7, 11) is 0. The van der Waals surface area contributed by atoms with Gasteiger partial charge in [0.1, 0.15) is 5.75 Å². The predicted molar refractivity (Wildman–Crippen MR) is 96.2 cm³/mol. The SMILES string of the molecule is Cc1c(Cl)cccc1C(=O)NCc1ccc(OCCCC(=O)O)cc1. The largest absolute Gasteiger partial charge is 0.494 e. The first-order valence-corrected chi connectivity index (χ1v) is 8.32. The molecule has 2 rings (SSSR count). The first-order valence-electron chi connectivity index (χ1n) is 7.94. The Kier molecular flexibility index (Phi) is 6.83. The minimum absolute atomic E-state index is 0.0903. The monoisotopic (exact) mass is 361 g/mol. The maximum Gasteiger partial charge on any atom is 0.303 e. The quantitative estimate of drug-likeness (QED) is 0.701. The Morgan fingerprint density at radius 3 is 2.56 bits per heavy atom. The number of carboxylic acids is 1. The van der Waals surface area contributed by atoms with Crippen molar-refractivity contribution in [1.82, 2.24) is 5.32 Å². The molecule has 0 spiro atoms. The lowest BCUT2D eigenvalue weighted by molar-refractivity contribution is -0.137. The van der Waals surface area contributed by atoms with Crippen LogP contribution in [0.2, 0.25) is 5.02 Å². The fourth-order valence-electron chi connectivity index (χ4n) is 2.25. The van der Waals surface area contributed by atoms with Crippen LogP contribution in [0.15, 0.2) is 42.5 Å². The molecule has 2 aromatic rings. The van der Waals surface area contributed by atoms with Crippen LogP contribution in [0.3, 0.4) is 0 Å². The van der Waals surface area contributed by atoms with E-state index in [1.807, 2.05) is 19.1 Å². The topological polar surface area (TPSA) is 75.6 Å². The fraction of sp³-hybridized carbons (Fsp3) is 0.263. The van der Waals surface area contributed by atoms with E-state index in [1.54, 1.807) is 30.3 Å². The van der Waals surface area contributed by atoms with Gasteiger partial charge in [0, 0.05) is 23.6 Å². The zero-order valence-electron chi connectivity index (χ0n) is 13.9. The number of carbonyl (C=O) groups excluding carboxylic acids is 1. The summed E-state index contributed by atoms with van der Waals surface area (Å²) >= 11 is 6.04. The first kappa shape index (κ1) is 18.8. The molecule has 25 heavy (non-hydrogen) atoms. The van der Waals surface area contributed by atoms with Crippen LogP contribution in [0.5, 0.6) is 5.75 Å². The molecule has 0 atom stereocenters. The molecule has 0 aliphatic carbocycles. The minimum atomic E-state index is -0.829. The maximum atomic E-state index is 12.2. The summed E-state index contributed by atoms with van der Waals surface area (Å²) in [6, 6.07) is 12.6. The molecule has 0 saturated carbocycles. The van der Waals surface area contributed by atoms with Gasteiger partial charge in [-0.2, -0.15) is 0 Å². The van der Waals surface area contributed by atoms with E-state index in [-0.39, 0.29) is 12.3 Å². The Hall–Kier alpha value is -2.53. The lowest BCUT2D eigenvalue weighted by Crippen LogP contribution is -2.23. The van der Waals surface area contributed by atoms with Crippen molar-refractivity contribution in [2.24, 2.45) is 0 Å². The number of carboxylic acid groups (broad SMARTS) is 1. The normalized spacial score (nSPS) is 10.3. The Labute approximate surface area is 151 Å². The van der Waals surface area contributed by atoms with E-state index in [9.17, 15) is 9.59 Å². The molecule has 0 fully saturated rings. The highest BCUT2D eigenvalue weighted by Gasteiger charge is 2.10. The second-order valence-electron chi connectivity index (χ2n) is 5.58. The second-order valence-corrected chi connectivity index (χ2v) is 5.99. The van der Waals surface area contributed by atoms with Gasteiger partial charge in [0.05, 0.1) is 6.61 Å². The number of carbonyl (C=O) groups is 2. The van der Waals surface area contributed by atoms with Crippen LogP contribution in [0, 0.1) is 6.92 Å². The van der Waals surface area contributed by atoms with Crippen LogP contribution in [-0.2, 0) is 11.3 Å². The smallest absolute Gasteiger partial charge is 0.303 e. The van der Waals surface area contributed by atoms with Gasteiger partial charge in [-0.1, -0.05) is 29.8 Å². The molecular formula is C19H20ClNO4. The van der Waals surface area contributed by atoms with Gasteiger partial charge < -0.3 is 15.2 Å². The van der Waals surface area contributed by atoms with Crippen molar-refractivity contribution in [3.05, 3.63) is 64.2 Å². The molecular weight excluding hydrogens is 342 g/mol. The molecule has 0 bridgehead atoms. The highest BCUT2D eigenvalue weighted by Crippen LogP contribution is 2.19. The summed E-state index contributed by atoms with van der Waals surface area (Å²) in [5.41, 5.74) is 2.25. The molecule has 0 aliphatic heterocycles. The molecule has 0 unspecified atom stereocenters. The minimum Gasteiger partial charge on any atom is -0.494 e. The Bertz CT molecular complexity index is 744. The number of nitrogens with one attached hydrogen (secondary N) is 1. The summed E-state index contributed by atoms with van der Waals surface area (Å²) in [5, 5.41) is 12.0. The molecule has 5 nitrogen and oxygen atoms in total. The van der Waals surface area contributed by atoms with Crippen LogP contribution in [-0.4, -0.2) is 23.6 Å². The lowest BCUT2D eigenvalue weighted by Gasteiger charge is -2.10. The zero-order valence-corrected chi connectivity index (χ0v) is 14.7. The number of hydrogen-bond donors (Lipinski definition) is 2. The van der Waals surface area contributed by atoms with Gasteiger partial charge in [-0.3, -0.25) is 9.59 Å². The number of hydrogen-bond acceptors (Lipinski definition) is 3. The standard InChI is InChI=1S/C19H20ClNO4/c1-13-16(4-2-5-17(13)20)19(24)21-12-14-7-9-15(10-8-14)25-11-3-6-18(22)23/h2,4-5,7-10H,3,6,11-12H2,1H3,(H,21,24)(H,22,23). The third kappa shape index (κ3) is 5.80. The van der Waals surface area contributed by atoms with Crippen molar-refractivity contribution in [3.8, 4) is 5.75 Å². The van der Waals surface area contributed by atoms with E-state index in [1.165, 1.54) is 0 Å². The van der Waals surface area contributed by atoms with Gasteiger partial charge in [-0.15, -0.1) is 0 Å². The number of amides is 1. The van der Waals surface area contributed by atoms with E-state index in [2.05, 4.69) is 5.32 Å². The molecule has 0 heterocycles. The van der Waals surface area contributed by atoms with E-state index >= 15 is 0 Å². The Balaban J connectivity index is 1.84. The molecule has 2 N–H and O–H groups in total. The summed E-state index contributed by atoms with van der Waals surface area (Å²) in [6.45, 7) is 2.56. The van der Waals surface area contributed by atoms with Gasteiger partial charge in [0.2, 0.25) is 0 Å². The molecule has 0 radical (unpaired) electrons. The van der Waals surface area contributed by atoms with Crippen LogP contribution >= 0.6 is 11.6 Å². The maximum absolute atomic E-state index is 12.2. The average Bonchev–Trinajstić information content (AvgIpc) is 2.60. The van der Waals surface area contributed by atoms with Gasteiger partial charge >= 0.3 is 5.97 Å². The third-order valence-corrected chi connectivity index (χ3v) is 4.10. The van der Waals surface area contributed by atoms with E-state index < -0.39 is 5.97 Å². The number of halogens is 1. The molecule has 6 heteroatoms. The third-order valence-electron chi connectivity index (χ3n) is 3.69.